The third-order valence-electron chi connectivity index (χ3n) is 4.39. The minimum Gasteiger partial charge on any atom is -0.388 e. The number of imidazole rings is 1. The first-order chi connectivity index (χ1) is 11.1. The highest BCUT2D eigenvalue weighted by Gasteiger charge is 2.29. The molecule has 6 nitrogen and oxygen atoms in total. The molecule has 0 spiro atoms. The molecule has 2 aromatic rings. The molecule has 3 N–H and O–H groups in total. The van der Waals surface area contributed by atoms with E-state index in [1.807, 2.05) is 25.1 Å². The highest BCUT2D eigenvalue weighted by atomic mass is 16.5. The Bertz CT molecular complexity index is 689. The van der Waals surface area contributed by atoms with Crippen LogP contribution >= 0.6 is 0 Å². The van der Waals surface area contributed by atoms with E-state index in [1.54, 1.807) is 0 Å². The number of nitrogens with one attached hydrogen (secondary N) is 2. The van der Waals surface area contributed by atoms with Gasteiger partial charge in [0.2, 0.25) is 5.91 Å². The van der Waals surface area contributed by atoms with Crippen LogP contribution in [0.5, 0.6) is 0 Å². The van der Waals surface area contributed by atoms with Crippen LogP contribution in [0.2, 0.25) is 0 Å². The number of aryl methyl sites for hydroxylation is 2. The Morgan fingerprint density at radius 2 is 2.22 bits per heavy atom. The van der Waals surface area contributed by atoms with Crippen molar-refractivity contribution in [2.24, 2.45) is 0 Å². The van der Waals surface area contributed by atoms with Crippen LogP contribution in [0.15, 0.2) is 18.2 Å². The molecule has 0 bridgehead atoms. The average Bonchev–Trinajstić information content (AvgIpc) is 2.96. The second kappa shape index (κ2) is 6.68. The molecule has 0 unspecified atom stereocenters. The van der Waals surface area contributed by atoms with Crippen LogP contribution in [0.3, 0.4) is 0 Å². The quantitative estimate of drug-likeness (QED) is 0.779. The molecule has 1 aliphatic heterocycles. The lowest BCUT2D eigenvalue weighted by molar-refractivity contribution is -0.123. The molecule has 1 fully saturated rings. The van der Waals surface area contributed by atoms with Crippen LogP contribution in [-0.2, 0) is 16.0 Å². The van der Waals surface area contributed by atoms with Gasteiger partial charge < -0.3 is 20.1 Å². The normalized spacial score (nSPS) is 17.3. The summed E-state index contributed by atoms with van der Waals surface area (Å²) >= 11 is 0. The van der Waals surface area contributed by atoms with Crippen molar-refractivity contribution in [1.29, 1.82) is 0 Å². The lowest BCUT2D eigenvalue weighted by atomic mass is 9.94. The van der Waals surface area contributed by atoms with Crippen LogP contribution in [0.1, 0.15) is 30.7 Å². The molecule has 1 saturated heterocycles. The largest absolute Gasteiger partial charge is 0.388 e. The Morgan fingerprint density at radius 3 is 2.96 bits per heavy atom. The van der Waals surface area contributed by atoms with Gasteiger partial charge in [-0.15, -0.1) is 0 Å². The number of aromatic nitrogens is 2. The topological polar surface area (TPSA) is 87.2 Å². The Balaban J connectivity index is 1.51. The number of hydrogen-bond acceptors (Lipinski definition) is 4. The van der Waals surface area contributed by atoms with Crippen molar-refractivity contribution in [2.75, 3.05) is 19.8 Å². The van der Waals surface area contributed by atoms with E-state index in [4.69, 9.17) is 4.74 Å². The van der Waals surface area contributed by atoms with Crippen LogP contribution in [-0.4, -0.2) is 46.3 Å². The fraction of sp³-hybridized carbons (Fsp3) is 0.529. The number of nitrogens with zero attached hydrogens (tertiary/aromatic N) is 1. The molecule has 0 radical (unpaired) electrons. The first-order valence-electron chi connectivity index (χ1n) is 8.07. The van der Waals surface area contributed by atoms with Crippen molar-refractivity contribution in [3.63, 3.8) is 0 Å². The number of carbonyl (C=O) groups is 1. The molecule has 6 heteroatoms. The molecule has 0 atom stereocenters. The van der Waals surface area contributed by atoms with E-state index in [1.165, 1.54) is 0 Å². The van der Waals surface area contributed by atoms with E-state index in [9.17, 15) is 9.90 Å². The zero-order valence-electron chi connectivity index (χ0n) is 13.4. The Hall–Kier alpha value is -1.92. The maximum atomic E-state index is 12.0. The number of amides is 1. The van der Waals surface area contributed by atoms with E-state index in [0.29, 0.717) is 38.9 Å². The number of fused-ring (bicyclic) bond motifs is 1. The second-order valence-corrected chi connectivity index (χ2v) is 6.27. The maximum absolute atomic E-state index is 12.0. The summed E-state index contributed by atoms with van der Waals surface area (Å²) in [6, 6.07) is 5.99. The third-order valence-corrected chi connectivity index (χ3v) is 4.39. The lowest BCUT2D eigenvalue weighted by Gasteiger charge is -2.32. The third kappa shape index (κ3) is 3.89. The maximum Gasteiger partial charge on any atom is 0.220 e. The predicted molar refractivity (Wildman–Crippen MR) is 87.2 cm³/mol. The Kier molecular flexibility index (Phi) is 4.63. The van der Waals surface area contributed by atoms with Gasteiger partial charge in [-0.2, -0.15) is 0 Å². The van der Waals surface area contributed by atoms with Gasteiger partial charge in [0.05, 0.1) is 16.6 Å². The van der Waals surface area contributed by atoms with Crippen molar-refractivity contribution in [1.82, 2.24) is 15.3 Å². The molecule has 23 heavy (non-hydrogen) atoms. The van der Waals surface area contributed by atoms with Crippen LogP contribution < -0.4 is 5.32 Å². The summed E-state index contributed by atoms with van der Waals surface area (Å²) in [5, 5.41) is 13.1. The van der Waals surface area contributed by atoms with Gasteiger partial charge in [-0.3, -0.25) is 4.79 Å². The van der Waals surface area contributed by atoms with Crippen LogP contribution in [0.25, 0.3) is 11.0 Å². The van der Waals surface area contributed by atoms with Crippen molar-refractivity contribution >= 4 is 16.9 Å². The number of carbonyl (C=O) groups excluding carboxylic acids is 1. The minimum atomic E-state index is -0.829. The number of aromatic amines is 1. The van der Waals surface area contributed by atoms with Crippen molar-refractivity contribution in [3.8, 4) is 0 Å². The van der Waals surface area contributed by atoms with E-state index in [-0.39, 0.29) is 12.5 Å². The molecule has 2 heterocycles. The molecular weight excluding hydrogens is 294 g/mol. The predicted octanol–water partition coefficient (Wildman–Crippen LogP) is 1.46. The minimum absolute atomic E-state index is 0.0675. The highest BCUT2D eigenvalue weighted by molar-refractivity contribution is 5.79. The van der Waals surface area contributed by atoms with Gasteiger partial charge in [0.1, 0.15) is 5.82 Å². The first-order valence-corrected chi connectivity index (χ1v) is 8.07. The van der Waals surface area contributed by atoms with Crippen LogP contribution in [0.4, 0.5) is 0 Å². The van der Waals surface area contributed by atoms with E-state index >= 15 is 0 Å². The van der Waals surface area contributed by atoms with E-state index in [2.05, 4.69) is 15.3 Å². The van der Waals surface area contributed by atoms with Gasteiger partial charge in [0.15, 0.2) is 0 Å². The standard InChI is InChI=1S/C17H23N3O3/c1-12-3-2-4-13-16(12)20-14(19-13)5-6-15(21)18-11-17(22)7-9-23-10-8-17/h2-4,22H,5-11H2,1H3,(H,18,21)(H,19,20). The molecule has 1 aromatic heterocycles. The number of H-pyrrole nitrogens is 1. The molecule has 124 valence electrons. The van der Waals surface area contributed by atoms with Gasteiger partial charge in [-0.05, 0) is 18.6 Å². The average molecular weight is 317 g/mol. The van der Waals surface area contributed by atoms with Gasteiger partial charge >= 0.3 is 0 Å². The van der Waals surface area contributed by atoms with Gasteiger partial charge in [-0.1, -0.05) is 12.1 Å². The molecule has 3 rings (SSSR count). The number of hydrogen-bond donors (Lipinski definition) is 3. The monoisotopic (exact) mass is 317 g/mol. The second-order valence-electron chi connectivity index (χ2n) is 6.27. The summed E-state index contributed by atoms with van der Waals surface area (Å²) in [6.07, 6.45) is 2.04. The molecule has 0 aliphatic carbocycles. The number of ether oxygens (including phenoxy) is 1. The van der Waals surface area contributed by atoms with E-state index in [0.717, 1.165) is 22.4 Å². The molecule has 0 saturated carbocycles. The smallest absolute Gasteiger partial charge is 0.220 e. The molecule has 1 amide bonds. The lowest BCUT2D eigenvalue weighted by Crippen LogP contribution is -2.46. The zero-order chi connectivity index (χ0) is 16.3. The number of aliphatic hydroxyl groups is 1. The Labute approximate surface area is 135 Å². The number of para-hydroxylation sites is 1. The summed E-state index contributed by atoms with van der Waals surface area (Å²) < 4.78 is 5.23. The molecular formula is C17H23N3O3. The summed E-state index contributed by atoms with van der Waals surface area (Å²) in [6.45, 7) is 3.40. The van der Waals surface area contributed by atoms with E-state index < -0.39 is 5.60 Å². The van der Waals surface area contributed by atoms with Crippen molar-refractivity contribution < 1.29 is 14.6 Å². The number of rotatable bonds is 5. The summed E-state index contributed by atoms with van der Waals surface area (Å²) in [5.41, 5.74) is 2.25. The fourth-order valence-electron chi connectivity index (χ4n) is 2.86. The van der Waals surface area contributed by atoms with Crippen molar-refractivity contribution in [3.05, 3.63) is 29.6 Å². The molecule has 1 aromatic carbocycles. The summed E-state index contributed by atoms with van der Waals surface area (Å²) in [5.74, 6) is 0.747. The van der Waals surface area contributed by atoms with Gasteiger partial charge in [0, 0.05) is 45.4 Å². The first kappa shape index (κ1) is 16.0. The SMILES string of the molecule is Cc1cccc2[nH]c(CCC(=O)NCC3(O)CCOCC3)nc12. The van der Waals surface area contributed by atoms with Gasteiger partial charge in [0.25, 0.3) is 0 Å². The van der Waals surface area contributed by atoms with Crippen molar-refractivity contribution in [2.45, 2.75) is 38.2 Å². The zero-order valence-corrected chi connectivity index (χ0v) is 13.4. The Morgan fingerprint density at radius 1 is 1.43 bits per heavy atom. The summed E-state index contributed by atoms with van der Waals surface area (Å²) in [4.78, 5) is 19.8. The summed E-state index contributed by atoms with van der Waals surface area (Å²) in [7, 11) is 0. The van der Waals surface area contributed by atoms with Gasteiger partial charge in [-0.25, -0.2) is 4.98 Å². The molecule has 1 aliphatic rings. The highest BCUT2D eigenvalue weighted by Crippen LogP contribution is 2.19. The van der Waals surface area contributed by atoms with Crippen LogP contribution in [0, 0.1) is 6.92 Å². The number of benzene rings is 1. The fourth-order valence-corrected chi connectivity index (χ4v) is 2.86.